The number of carbonyl (C=O) groups is 1. The number of nitrogens with zero attached hydrogens (tertiary/aromatic N) is 2. The first-order chi connectivity index (χ1) is 15.4. The fourth-order valence-electron chi connectivity index (χ4n) is 3.47. The summed E-state index contributed by atoms with van der Waals surface area (Å²) in [7, 11) is 0. The van der Waals surface area contributed by atoms with Crippen LogP contribution < -0.4 is 21.9 Å². The molecular weight excluding hydrogens is 428 g/mol. The van der Waals surface area contributed by atoms with E-state index in [0.29, 0.717) is 18.0 Å². The lowest BCUT2D eigenvalue weighted by Gasteiger charge is -2.25. The first kappa shape index (κ1) is 23.3. The lowest BCUT2D eigenvalue weighted by Crippen LogP contribution is -2.41. The van der Waals surface area contributed by atoms with Gasteiger partial charge in [0.25, 0.3) is 5.56 Å². The fraction of sp³-hybridized carbons (Fsp3) is 0.292. The number of aromatic amines is 1. The number of aryl methyl sites for hydroxylation is 1. The van der Waals surface area contributed by atoms with Gasteiger partial charge in [-0.1, -0.05) is 67.4 Å². The molecule has 0 aliphatic carbocycles. The molecule has 1 aromatic heterocycles. The van der Waals surface area contributed by atoms with Crippen LogP contribution in [0.15, 0.2) is 64.2 Å². The Hall–Kier alpha value is -3.32. The Morgan fingerprint density at radius 3 is 2.41 bits per heavy atom. The molecule has 0 spiro atoms. The van der Waals surface area contributed by atoms with Crippen molar-refractivity contribution in [1.29, 1.82) is 0 Å². The molecule has 32 heavy (non-hydrogen) atoms. The van der Waals surface area contributed by atoms with E-state index in [2.05, 4.69) is 4.98 Å². The highest BCUT2D eigenvalue weighted by Crippen LogP contribution is 2.22. The molecule has 0 atom stereocenters. The van der Waals surface area contributed by atoms with Crippen LogP contribution in [-0.4, -0.2) is 15.5 Å². The van der Waals surface area contributed by atoms with Crippen LogP contribution in [0, 0.1) is 0 Å². The van der Waals surface area contributed by atoms with Gasteiger partial charge in [-0.05, 0) is 36.1 Å². The third-order valence-electron chi connectivity index (χ3n) is 5.24. The van der Waals surface area contributed by atoms with Crippen molar-refractivity contribution in [2.45, 2.75) is 45.7 Å². The van der Waals surface area contributed by atoms with Crippen molar-refractivity contribution in [2.75, 3.05) is 10.6 Å². The van der Waals surface area contributed by atoms with Gasteiger partial charge in [0.2, 0.25) is 5.91 Å². The summed E-state index contributed by atoms with van der Waals surface area (Å²) in [5.41, 5.74) is 6.84. The number of anilines is 2. The number of H-pyrrole nitrogens is 1. The number of unbranched alkanes of at least 4 members (excludes halogenated alkanes) is 1. The second-order valence-corrected chi connectivity index (χ2v) is 8.03. The minimum atomic E-state index is -0.670. The average Bonchev–Trinajstić information content (AvgIpc) is 2.78. The van der Waals surface area contributed by atoms with Crippen molar-refractivity contribution in [1.82, 2.24) is 9.55 Å². The quantitative estimate of drug-likeness (QED) is 0.514. The predicted octanol–water partition coefficient (Wildman–Crippen LogP) is 3.74. The molecule has 3 N–H and O–H groups in total. The van der Waals surface area contributed by atoms with E-state index in [0.717, 1.165) is 24.0 Å². The second-order valence-electron chi connectivity index (χ2n) is 7.59. The number of amides is 1. The number of rotatable bonds is 9. The van der Waals surface area contributed by atoms with Gasteiger partial charge in [-0.3, -0.25) is 19.1 Å². The van der Waals surface area contributed by atoms with Crippen molar-refractivity contribution in [3.8, 4) is 0 Å². The number of hydrogen-bond donors (Lipinski definition) is 2. The highest BCUT2D eigenvalue weighted by molar-refractivity contribution is 6.30. The van der Waals surface area contributed by atoms with Gasteiger partial charge >= 0.3 is 5.69 Å². The van der Waals surface area contributed by atoms with Crippen molar-refractivity contribution < 1.29 is 4.79 Å². The number of nitrogen functional groups attached to an aromatic ring is 1. The van der Waals surface area contributed by atoms with Gasteiger partial charge in [-0.25, -0.2) is 4.79 Å². The molecule has 168 valence electrons. The Morgan fingerprint density at radius 2 is 1.75 bits per heavy atom. The Kier molecular flexibility index (Phi) is 7.89. The highest BCUT2D eigenvalue weighted by Gasteiger charge is 2.24. The van der Waals surface area contributed by atoms with Crippen molar-refractivity contribution in [3.63, 3.8) is 0 Å². The van der Waals surface area contributed by atoms with Gasteiger partial charge < -0.3 is 10.6 Å². The Morgan fingerprint density at radius 1 is 1.06 bits per heavy atom. The summed E-state index contributed by atoms with van der Waals surface area (Å²) in [6.07, 6.45) is 2.23. The van der Waals surface area contributed by atoms with Gasteiger partial charge in [0, 0.05) is 18.0 Å². The predicted molar refractivity (Wildman–Crippen MR) is 128 cm³/mol. The van der Waals surface area contributed by atoms with Gasteiger partial charge in [-0.2, -0.15) is 0 Å². The first-order valence-corrected chi connectivity index (χ1v) is 11.0. The van der Waals surface area contributed by atoms with Crippen LogP contribution in [-0.2, 0) is 24.3 Å². The fourth-order valence-corrected chi connectivity index (χ4v) is 3.60. The van der Waals surface area contributed by atoms with E-state index in [1.807, 2.05) is 49.4 Å². The number of hydrogen-bond acceptors (Lipinski definition) is 4. The number of nitrogens with two attached hydrogens (primary N) is 1. The maximum absolute atomic E-state index is 13.3. The standard InChI is InChI=1S/C24H27ClN4O3/c1-2-3-15-28-22(26)21(23(31)27-24(28)32)29(16-18-7-5-4-6-8-18)20(30)14-11-17-9-12-19(25)13-10-17/h4-10,12-13H,2-3,11,14-16,26H2,1H3,(H,27,31,32). The molecule has 3 rings (SSSR count). The largest absolute Gasteiger partial charge is 0.383 e. The molecule has 0 fully saturated rings. The zero-order valence-electron chi connectivity index (χ0n) is 18.0. The van der Waals surface area contributed by atoms with E-state index >= 15 is 0 Å². The molecule has 2 aromatic carbocycles. The van der Waals surface area contributed by atoms with E-state index in [1.54, 1.807) is 12.1 Å². The molecule has 0 bridgehead atoms. The normalized spacial score (nSPS) is 10.8. The molecule has 0 saturated carbocycles. The molecule has 1 heterocycles. The molecule has 0 aliphatic rings. The number of benzene rings is 2. The molecule has 0 unspecified atom stereocenters. The van der Waals surface area contributed by atoms with Crippen molar-refractivity contribution in [3.05, 3.63) is 91.6 Å². The van der Waals surface area contributed by atoms with Gasteiger partial charge in [-0.15, -0.1) is 0 Å². The topological polar surface area (TPSA) is 101 Å². The third kappa shape index (κ3) is 5.68. The lowest BCUT2D eigenvalue weighted by molar-refractivity contribution is -0.118. The Bertz CT molecular complexity index is 1170. The number of aromatic nitrogens is 2. The molecule has 1 amide bonds. The van der Waals surface area contributed by atoms with Crippen molar-refractivity contribution >= 4 is 29.0 Å². The smallest absolute Gasteiger partial charge is 0.330 e. The van der Waals surface area contributed by atoms with Crippen LogP contribution in [0.2, 0.25) is 5.02 Å². The maximum atomic E-state index is 13.3. The molecule has 0 radical (unpaired) electrons. The minimum Gasteiger partial charge on any atom is -0.383 e. The Balaban J connectivity index is 1.97. The SMILES string of the molecule is CCCCn1c(N)c(N(Cc2ccccc2)C(=O)CCc2ccc(Cl)cc2)c(=O)[nH]c1=O. The summed E-state index contributed by atoms with van der Waals surface area (Å²) in [4.78, 5) is 42.1. The number of nitrogens with one attached hydrogen (secondary N) is 1. The number of halogens is 1. The van der Waals surface area contributed by atoms with E-state index in [4.69, 9.17) is 17.3 Å². The highest BCUT2D eigenvalue weighted by atomic mass is 35.5. The monoisotopic (exact) mass is 454 g/mol. The van der Waals surface area contributed by atoms with Gasteiger partial charge in [0.1, 0.15) is 5.82 Å². The van der Waals surface area contributed by atoms with E-state index in [9.17, 15) is 14.4 Å². The lowest BCUT2D eigenvalue weighted by atomic mass is 10.1. The van der Waals surface area contributed by atoms with Crippen LogP contribution in [0.3, 0.4) is 0 Å². The molecule has 8 heteroatoms. The van der Waals surface area contributed by atoms with Crippen LogP contribution in [0.1, 0.15) is 37.3 Å². The van der Waals surface area contributed by atoms with Crippen LogP contribution >= 0.6 is 11.6 Å². The average molecular weight is 455 g/mol. The summed E-state index contributed by atoms with van der Waals surface area (Å²) in [6.45, 7) is 2.53. The maximum Gasteiger partial charge on any atom is 0.330 e. The molecule has 0 saturated heterocycles. The molecule has 0 aliphatic heterocycles. The molecular formula is C24H27ClN4O3. The molecule has 3 aromatic rings. The van der Waals surface area contributed by atoms with E-state index < -0.39 is 11.2 Å². The zero-order valence-corrected chi connectivity index (χ0v) is 18.8. The van der Waals surface area contributed by atoms with Gasteiger partial charge in [0.15, 0.2) is 5.69 Å². The van der Waals surface area contributed by atoms with Crippen LogP contribution in [0.5, 0.6) is 0 Å². The molecule has 7 nitrogen and oxygen atoms in total. The Labute approximate surface area is 191 Å². The van der Waals surface area contributed by atoms with E-state index in [1.165, 1.54) is 9.47 Å². The van der Waals surface area contributed by atoms with Gasteiger partial charge in [0.05, 0.1) is 6.54 Å². The van der Waals surface area contributed by atoms with Crippen molar-refractivity contribution in [2.24, 2.45) is 0 Å². The second kappa shape index (κ2) is 10.8. The minimum absolute atomic E-state index is 0.00275. The summed E-state index contributed by atoms with van der Waals surface area (Å²) in [6, 6.07) is 16.6. The van der Waals surface area contributed by atoms with Crippen LogP contribution in [0.25, 0.3) is 0 Å². The van der Waals surface area contributed by atoms with E-state index in [-0.39, 0.29) is 30.4 Å². The third-order valence-corrected chi connectivity index (χ3v) is 5.50. The summed E-state index contributed by atoms with van der Waals surface area (Å²) >= 11 is 5.94. The first-order valence-electron chi connectivity index (χ1n) is 10.6. The number of carbonyl (C=O) groups excluding carboxylic acids is 1. The zero-order chi connectivity index (χ0) is 23.1. The summed E-state index contributed by atoms with van der Waals surface area (Å²) in [5, 5.41) is 0.624. The summed E-state index contributed by atoms with van der Waals surface area (Å²) < 4.78 is 1.32. The summed E-state index contributed by atoms with van der Waals surface area (Å²) in [5.74, 6) is -0.260. The van der Waals surface area contributed by atoms with Crippen LogP contribution in [0.4, 0.5) is 11.5 Å².